The van der Waals surface area contributed by atoms with Crippen molar-refractivity contribution in [1.82, 2.24) is 0 Å². The van der Waals surface area contributed by atoms with Crippen molar-refractivity contribution in [2.24, 2.45) is 15.9 Å². The average Bonchev–Trinajstić information content (AvgIpc) is 2.57. The highest BCUT2D eigenvalue weighted by atomic mass is 16.3. The maximum Gasteiger partial charge on any atom is 0.180 e. The Kier molecular flexibility index (Phi) is 2.11. The van der Waals surface area contributed by atoms with Gasteiger partial charge in [0.15, 0.2) is 5.66 Å². The number of rotatable bonds is 2. The number of fused-ring (bicyclic) bond motifs is 1. The molecule has 0 saturated carbocycles. The molecule has 1 aromatic rings. The lowest BCUT2D eigenvalue weighted by atomic mass is 9.99. The van der Waals surface area contributed by atoms with Crippen LogP contribution in [-0.4, -0.2) is 12.3 Å². The molecule has 0 aliphatic carbocycles. The van der Waals surface area contributed by atoms with E-state index in [1.54, 1.807) is 0 Å². The van der Waals surface area contributed by atoms with Crippen LogP contribution in [0.2, 0.25) is 0 Å². The summed E-state index contributed by atoms with van der Waals surface area (Å²) in [5, 5.41) is 12.9. The lowest BCUT2D eigenvalue weighted by molar-refractivity contribution is 0.100. The zero-order valence-electron chi connectivity index (χ0n) is 8.40. The van der Waals surface area contributed by atoms with Crippen molar-refractivity contribution in [3.63, 3.8) is 0 Å². The molecular weight excluding hydrogens is 176 g/mol. The monoisotopic (exact) mass is 189 g/mol. The van der Waals surface area contributed by atoms with E-state index in [2.05, 4.69) is 9.98 Å². The van der Waals surface area contributed by atoms with Gasteiger partial charge in [0.1, 0.15) is 6.61 Å². The van der Waals surface area contributed by atoms with Crippen molar-refractivity contribution >= 4 is 0 Å². The smallest absolute Gasteiger partial charge is 0.180 e. The number of hydrogen-bond donors (Lipinski definition) is 0. The van der Waals surface area contributed by atoms with E-state index in [4.69, 9.17) is 0 Å². The lowest BCUT2D eigenvalue weighted by Crippen LogP contribution is -2.33. The van der Waals surface area contributed by atoms with Gasteiger partial charge in [-0.15, -0.1) is 0 Å². The van der Waals surface area contributed by atoms with E-state index in [9.17, 15) is 5.11 Å². The van der Waals surface area contributed by atoms with E-state index in [0.717, 1.165) is 10.7 Å². The van der Waals surface area contributed by atoms with Gasteiger partial charge < -0.3 is 0 Å². The molecule has 73 valence electrons. The molecule has 1 aromatic carbocycles. The highest BCUT2D eigenvalue weighted by molar-refractivity contribution is 5.08. The Bertz CT molecular complexity index is 416. The van der Waals surface area contributed by atoms with Crippen LogP contribution < -0.4 is 10.7 Å². The molecule has 14 heavy (non-hydrogen) atoms. The Morgan fingerprint density at radius 2 is 1.71 bits per heavy atom. The summed E-state index contributed by atoms with van der Waals surface area (Å²) in [6, 6.07) is 7.63. The summed E-state index contributed by atoms with van der Waals surface area (Å²) in [6.45, 7) is 3.69. The fourth-order valence-electron chi connectivity index (χ4n) is 1.58. The van der Waals surface area contributed by atoms with E-state index in [1.807, 2.05) is 38.1 Å². The van der Waals surface area contributed by atoms with Crippen LogP contribution in [0.3, 0.4) is 0 Å². The summed E-state index contributed by atoms with van der Waals surface area (Å²) in [5.41, 5.74) is -0.760. The first-order valence-corrected chi connectivity index (χ1v) is 4.81. The summed E-state index contributed by atoms with van der Waals surface area (Å²) in [6.07, 6.45) is 0. The van der Waals surface area contributed by atoms with Crippen LogP contribution >= 0.6 is 0 Å². The minimum atomic E-state index is -0.760. The zero-order valence-corrected chi connectivity index (χ0v) is 8.40. The van der Waals surface area contributed by atoms with Crippen molar-refractivity contribution in [2.75, 3.05) is 6.61 Å². The van der Waals surface area contributed by atoms with Crippen molar-refractivity contribution in [3.05, 3.63) is 35.0 Å². The van der Waals surface area contributed by atoms with E-state index in [1.165, 1.54) is 0 Å². The van der Waals surface area contributed by atoms with Crippen LogP contribution in [0.15, 0.2) is 34.3 Å². The minimum absolute atomic E-state index is 0.146. The second-order valence-corrected chi connectivity index (χ2v) is 3.89. The van der Waals surface area contributed by atoms with Gasteiger partial charge in [-0.25, -0.2) is 5.11 Å². The molecule has 0 N–H and O–H groups in total. The standard InChI is InChI=1S/C11H13N2O/c1-8(2)11(7-14)12-9-5-3-4-6-10(9)13-11/h3-6,8H,7H2,1-2H3. The highest BCUT2D eigenvalue weighted by Crippen LogP contribution is 2.23. The van der Waals surface area contributed by atoms with Crippen molar-refractivity contribution in [3.8, 4) is 0 Å². The van der Waals surface area contributed by atoms with Gasteiger partial charge in [0.2, 0.25) is 0 Å². The second-order valence-electron chi connectivity index (χ2n) is 3.89. The van der Waals surface area contributed by atoms with E-state index in [0.29, 0.717) is 0 Å². The first-order valence-electron chi connectivity index (χ1n) is 4.81. The quantitative estimate of drug-likeness (QED) is 0.658. The van der Waals surface area contributed by atoms with Gasteiger partial charge >= 0.3 is 0 Å². The average molecular weight is 189 g/mol. The minimum Gasteiger partial charge on any atom is -0.250 e. The van der Waals surface area contributed by atoms with Gasteiger partial charge in [0.05, 0.1) is 10.7 Å². The van der Waals surface area contributed by atoms with Crippen LogP contribution in [0.1, 0.15) is 13.8 Å². The van der Waals surface area contributed by atoms with Gasteiger partial charge in [-0.05, 0) is 12.1 Å². The topological polar surface area (TPSA) is 44.6 Å². The van der Waals surface area contributed by atoms with Crippen molar-refractivity contribution < 1.29 is 5.11 Å². The fourth-order valence-corrected chi connectivity index (χ4v) is 1.58. The molecule has 1 aliphatic rings. The summed E-state index contributed by atoms with van der Waals surface area (Å²) in [7, 11) is 0. The third-order valence-corrected chi connectivity index (χ3v) is 2.65. The molecule has 0 bridgehead atoms. The molecule has 0 fully saturated rings. The second kappa shape index (κ2) is 3.17. The maximum absolute atomic E-state index is 11.2. The summed E-state index contributed by atoms with van der Waals surface area (Å²) in [4.78, 5) is 8.84. The van der Waals surface area contributed by atoms with Gasteiger partial charge in [0, 0.05) is 5.92 Å². The van der Waals surface area contributed by atoms with Crippen LogP contribution in [0.4, 0.5) is 0 Å². The number of hydrogen-bond acceptors (Lipinski definition) is 2. The van der Waals surface area contributed by atoms with Gasteiger partial charge in [-0.3, -0.25) is 9.98 Å². The first kappa shape index (κ1) is 9.34. The summed E-state index contributed by atoms with van der Waals surface area (Å²) < 4.78 is 0. The lowest BCUT2D eigenvalue weighted by Gasteiger charge is -2.23. The molecule has 1 aliphatic heterocycles. The van der Waals surface area contributed by atoms with Crippen LogP contribution in [0, 0.1) is 5.92 Å². The van der Waals surface area contributed by atoms with Crippen LogP contribution in [-0.2, 0) is 5.11 Å². The summed E-state index contributed by atoms with van der Waals surface area (Å²) in [5.74, 6) is 0.146. The molecule has 0 spiro atoms. The Morgan fingerprint density at radius 1 is 1.21 bits per heavy atom. The molecule has 1 heterocycles. The third-order valence-electron chi connectivity index (χ3n) is 2.65. The van der Waals surface area contributed by atoms with Gasteiger partial charge in [-0.1, -0.05) is 26.0 Å². The fraction of sp³-hybridized carbons (Fsp3) is 0.455. The largest absolute Gasteiger partial charge is 0.250 e. The van der Waals surface area contributed by atoms with Gasteiger partial charge in [0.25, 0.3) is 0 Å². The number of para-hydroxylation sites is 2. The molecule has 2 rings (SSSR count). The molecular formula is C11H13N2O. The third kappa shape index (κ3) is 1.24. The molecule has 0 unspecified atom stereocenters. The molecule has 3 nitrogen and oxygen atoms in total. The van der Waals surface area contributed by atoms with Crippen molar-refractivity contribution in [2.45, 2.75) is 19.5 Å². The molecule has 3 heteroatoms. The molecule has 0 amide bonds. The molecule has 1 radical (unpaired) electrons. The van der Waals surface area contributed by atoms with Gasteiger partial charge in [-0.2, -0.15) is 0 Å². The highest BCUT2D eigenvalue weighted by Gasteiger charge is 2.34. The summed E-state index contributed by atoms with van der Waals surface area (Å²) >= 11 is 0. The van der Waals surface area contributed by atoms with Crippen LogP contribution in [0.25, 0.3) is 0 Å². The predicted molar refractivity (Wildman–Crippen MR) is 51.9 cm³/mol. The first-order chi connectivity index (χ1) is 6.68. The Morgan fingerprint density at radius 3 is 2.07 bits per heavy atom. The molecule has 0 aromatic heterocycles. The zero-order chi connectivity index (χ0) is 10.2. The Hall–Kier alpha value is -1.22. The predicted octanol–water partition coefficient (Wildman–Crippen LogP) is 0.722. The van der Waals surface area contributed by atoms with Crippen molar-refractivity contribution in [1.29, 1.82) is 0 Å². The van der Waals surface area contributed by atoms with E-state index < -0.39 is 5.66 Å². The van der Waals surface area contributed by atoms with E-state index >= 15 is 0 Å². The SMILES string of the molecule is CC(C)C1(C[O])N=c2ccccc2=N1. The van der Waals surface area contributed by atoms with E-state index in [-0.39, 0.29) is 12.5 Å². The Balaban J connectivity index is 2.62. The maximum atomic E-state index is 11.2. The normalized spacial score (nSPS) is 17.4. The van der Waals surface area contributed by atoms with Crippen LogP contribution in [0.5, 0.6) is 0 Å². The molecule has 0 atom stereocenters. The number of nitrogens with zero attached hydrogens (tertiary/aromatic N) is 2. The molecule has 0 saturated heterocycles. The Labute approximate surface area is 82.8 Å². The number of benzene rings is 1.